The Hall–Kier alpha value is -0.0157. The van der Waals surface area contributed by atoms with Gasteiger partial charge in [0.15, 0.2) is 0 Å². The van der Waals surface area contributed by atoms with Crippen LogP contribution in [0.3, 0.4) is 0 Å². The standard InChI is InChI=1S/C12H20NOSSi.Li/c1-6-13(7-2)11(14)10-8-9-15-12(10)16(3,4)5;/h9H,6-7H2,1-5H3;/q-1;+1. The zero-order valence-corrected chi connectivity index (χ0v) is 13.6. The van der Waals surface area contributed by atoms with Gasteiger partial charge in [-0.15, -0.1) is 5.56 Å². The van der Waals surface area contributed by atoms with E-state index in [9.17, 15) is 4.79 Å². The Morgan fingerprint density at radius 3 is 2.29 bits per heavy atom. The molecule has 0 unspecified atom stereocenters. The average Bonchev–Trinajstić information content (AvgIpc) is 2.67. The molecule has 0 spiro atoms. The van der Waals surface area contributed by atoms with Crippen molar-refractivity contribution in [2.75, 3.05) is 13.1 Å². The Morgan fingerprint density at radius 2 is 1.88 bits per heavy atom. The third-order valence-electron chi connectivity index (χ3n) is 2.55. The van der Waals surface area contributed by atoms with Crippen LogP contribution in [0.1, 0.15) is 24.2 Å². The third-order valence-corrected chi connectivity index (χ3v) is 7.03. The molecule has 5 heteroatoms. The third kappa shape index (κ3) is 3.99. The van der Waals surface area contributed by atoms with Crippen LogP contribution in [0, 0.1) is 6.07 Å². The summed E-state index contributed by atoms with van der Waals surface area (Å²) in [5, 5.41) is 1.92. The van der Waals surface area contributed by atoms with Crippen molar-refractivity contribution in [1.29, 1.82) is 0 Å². The molecule has 1 aromatic rings. The molecule has 17 heavy (non-hydrogen) atoms. The van der Waals surface area contributed by atoms with Gasteiger partial charge in [-0.25, -0.2) is 11.3 Å². The predicted molar refractivity (Wildman–Crippen MR) is 73.4 cm³/mol. The fourth-order valence-electron chi connectivity index (χ4n) is 1.65. The van der Waals surface area contributed by atoms with Crippen LogP contribution in [-0.4, -0.2) is 32.0 Å². The van der Waals surface area contributed by atoms with Crippen LogP contribution < -0.4 is 23.4 Å². The molecule has 0 aliphatic rings. The minimum Gasteiger partial charge on any atom is -0.392 e. The number of amides is 1. The number of thiophene rings is 1. The number of rotatable bonds is 4. The summed E-state index contributed by atoms with van der Waals surface area (Å²) >= 11 is 1.68. The summed E-state index contributed by atoms with van der Waals surface area (Å²) in [6, 6.07) is 3.12. The molecule has 0 aliphatic heterocycles. The Labute approximate surface area is 122 Å². The number of carbonyl (C=O) groups is 1. The first kappa shape index (κ1) is 17.0. The molecule has 0 N–H and O–H groups in total. The largest absolute Gasteiger partial charge is 1.00 e. The summed E-state index contributed by atoms with van der Waals surface area (Å²) in [6.45, 7) is 12.4. The second kappa shape index (κ2) is 6.79. The van der Waals surface area contributed by atoms with Crippen LogP contribution in [0.15, 0.2) is 5.38 Å². The quantitative estimate of drug-likeness (QED) is 0.532. The minimum absolute atomic E-state index is 0. The van der Waals surface area contributed by atoms with Crippen molar-refractivity contribution in [3.8, 4) is 0 Å². The molecule has 90 valence electrons. The summed E-state index contributed by atoms with van der Waals surface area (Å²) in [5.41, 5.74) is 0.813. The Balaban J connectivity index is 0.00000256. The van der Waals surface area contributed by atoms with Crippen molar-refractivity contribution in [1.82, 2.24) is 4.90 Å². The first-order valence-corrected chi connectivity index (χ1v) is 10.1. The van der Waals surface area contributed by atoms with E-state index in [1.807, 2.05) is 24.1 Å². The van der Waals surface area contributed by atoms with Gasteiger partial charge < -0.3 is 9.69 Å². The van der Waals surface area contributed by atoms with Crippen LogP contribution >= 0.6 is 11.3 Å². The molecule has 0 saturated heterocycles. The maximum atomic E-state index is 12.3. The fourth-order valence-corrected chi connectivity index (χ4v) is 4.73. The van der Waals surface area contributed by atoms with Gasteiger partial charge in [0.25, 0.3) is 0 Å². The zero-order chi connectivity index (χ0) is 12.3. The van der Waals surface area contributed by atoms with Gasteiger partial charge >= 0.3 is 18.9 Å². The van der Waals surface area contributed by atoms with E-state index in [2.05, 4.69) is 25.7 Å². The van der Waals surface area contributed by atoms with Gasteiger partial charge in [-0.2, -0.15) is 6.07 Å². The molecule has 0 bridgehead atoms. The maximum Gasteiger partial charge on any atom is 1.00 e. The van der Waals surface area contributed by atoms with E-state index in [-0.39, 0.29) is 24.8 Å². The van der Waals surface area contributed by atoms with Gasteiger partial charge in [-0.1, -0.05) is 29.5 Å². The van der Waals surface area contributed by atoms with Gasteiger partial charge in [0.05, 0.1) is 0 Å². The number of hydrogen-bond donors (Lipinski definition) is 0. The fraction of sp³-hybridized carbons (Fsp3) is 0.583. The second-order valence-corrected chi connectivity index (χ2v) is 11.1. The second-order valence-electron chi connectivity index (χ2n) is 4.81. The Kier molecular flexibility index (Phi) is 6.79. The summed E-state index contributed by atoms with van der Waals surface area (Å²) in [7, 11) is -1.42. The summed E-state index contributed by atoms with van der Waals surface area (Å²) in [6.07, 6.45) is 0. The summed E-state index contributed by atoms with van der Waals surface area (Å²) in [5.74, 6) is 0.142. The number of carbonyl (C=O) groups excluding carboxylic acids is 1. The van der Waals surface area contributed by atoms with E-state index in [1.165, 1.54) is 4.50 Å². The molecular formula is C12H20LiNOSSi. The molecular weight excluding hydrogens is 241 g/mol. The molecule has 0 saturated carbocycles. The molecule has 0 atom stereocenters. The van der Waals surface area contributed by atoms with Gasteiger partial charge in [0, 0.05) is 21.2 Å². The first-order valence-electron chi connectivity index (χ1n) is 5.70. The topological polar surface area (TPSA) is 20.3 Å². The van der Waals surface area contributed by atoms with Crippen molar-refractivity contribution in [2.24, 2.45) is 0 Å². The Bertz CT molecular complexity index is 369. The van der Waals surface area contributed by atoms with Gasteiger partial charge in [0.1, 0.15) is 5.91 Å². The number of nitrogens with zero attached hydrogens (tertiary/aromatic N) is 1. The van der Waals surface area contributed by atoms with E-state index >= 15 is 0 Å². The smallest absolute Gasteiger partial charge is 0.392 e. The van der Waals surface area contributed by atoms with Crippen LogP contribution in [-0.2, 0) is 0 Å². The molecule has 1 heterocycles. The molecule has 0 radical (unpaired) electrons. The van der Waals surface area contributed by atoms with Crippen LogP contribution in [0.2, 0.25) is 19.6 Å². The zero-order valence-electron chi connectivity index (χ0n) is 11.8. The molecule has 0 aliphatic carbocycles. The predicted octanol–water partition coefficient (Wildman–Crippen LogP) is -0.421. The van der Waals surface area contributed by atoms with E-state index in [4.69, 9.17) is 0 Å². The van der Waals surface area contributed by atoms with Crippen LogP contribution in [0.25, 0.3) is 0 Å². The van der Waals surface area contributed by atoms with Crippen molar-refractivity contribution >= 4 is 29.8 Å². The van der Waals surface area contributed by atoms with Gasteiger partial charge in [0.2, 0.25) is 0 Å². The first-order chi connectivity index (χ1) is 7.41. The van der Waals surface area contributed by atoms with E-state index in [0.717, 1.165) is 18.7 Å². The van der Waals surface area contributed by atoms with Crippen molar-refractivity contribution in [3.05, 3.63) is 17.0 Å². The van der Waals surface area contributed by atoms with E-state index in [1.54, 1.807) is 11.3 Å². The van der Waals surface area contributed by atoms with E-state index in [0.29, 0.717) is 0 Å². The van der Waals surface area contributed by atoms with Gasteiger partial charge in [-0.05, 0) is 13.8 Å². The maximum absolute atomic E-state index is 12.3. The SMILES string of the molecule is CCN(CC)C(=O)c1[c-]csc1[Si](C)(C)C.[Li+]. The molecule has 0 aromatic carbocycles. The van der Waals surface area contributed by atoms with E-state index < -0.39 is 8.07 Å². The van der Waals surface area contributed by atoms with Gasteiger partial charge in [-0.3, -0.25) is 0 Å². The number of hydrogen-bond acceptors (Lipinski definition) is 2. The molecule has 1 rings (SSSR count). The average molecular weight is 261 g/mol. The minimum atomic E-state index is -1.42. The molecule has 1 aromatic heterocycles. The van der Waals surface area contributed by atoms with Crippen molar-refractivity contribution < 1.29 is 23.7 Å². The molecule has 1 amide bonds. The molecule has 2 nitrogen and oxygen atoms in total. The van der Waals surface area contributed by atoms with Crippen LogP contribution in [0.5, 0.6) is 0 Å². The van der Waals surface area contributed by atoms with Crippen molar-refractivity contribution in [2.45, 2.75) is 33.5 Å². The molecule has 0 fully saturated rings. The van der Waals surface area contributed by atoms with Crippen molar-refractivity contribution in [3.63, 3.8) is 0 Å². The summed E-state index contributed by atoms with van der Waals surface area (Å²) < 4.78 is 1.27. The summed E-state index contributed by atoms with van der Waals surface area (Å²) in [4.78, 5) is 14.1. The van der Waals surface area contributed by atoms with Crippen LogP contribution in [0.4, 0.5) is 0 Å². The normalized spacial score (nSPS) is 10.9. The monoisotopic (exact) mass is 261 g/mol. The Morgan fingerprint density at radius 1 is 1.35 bits per heavy atom.